The molecule has 0 unspecified atom stereocenters. The van der Waals surface area contributed by atoms with Crippen LogP contribution in [0, 0.1) is 5.82 Å². The van der Waals surface area contributed by atoms with E-state index >= 15 is 0 Å². The quantitative estimate of drug-likeness (QED) is 0.801. The van der Waals surface area contributed by atoms with Gasteiger partial charge in [0.05, 0.1) is 31.9 Å². The van der Waals surface area contributed by atoms with E-state index in [1.54, 1.807) is 13.0 Å². The van der Waals surface area contributed by atoms with Crippen molar-refractivity contribution in [1.29, 1.82) is 0 Å². The molecule has 2 N–H and O–H groups in total. The standard InChI is InChI=1S/C15H19FN6O3/c1-10(18-15(23)24)8-25-9-12-19-14-7-21(4-5-22(14)20-12)13-3-2-11(16)6-17-13/h2-3,6,10,18H,4-5,7-9H2,1H3,(H,23,24)/t10-/m0/s1. The Morgan fingerprint density at radius 1 is 1.48 bits per heavy atom. The zero-order valence-electron chi connectivity index (χ0n) is 13.7. The van der Waals surface area contributed by atoms with Crippen LogP contribution in [0.5, 0.6) is 0 Å². The SMILES string of the molecule is C[C@@H](COCc1nc2n(n1)CCN(c1ccc(F)cn1)C2)NC(=O)O. The van der Waals surface area contributed by atoms with E-state index in [2.05, 4.69) is 20.4 Å². The molecular formula is C15H19FN6O3. The molecule has 1 atom stereocenters. The molecule has 0 bridgehead atoms. The first-order valence-corrected chi connectivity index (χ1v) is 7.87. The van der Waals surface area contributed by atoms with Gasteiger partial charge in [0.25, 0.3) is 0 Å². The Labute approximate surface area is 143 Å². The molecule has 0 aromatic carbocycles. The Bertz CT molecular complexity index is 735. The van der Waals surface area contributed by atoms with E-state index in [-0.39, 0.29) is 25.1 Å². The van der Waals surface area contributed by atoms with Crippen molar-refractivity contribution in [2.75, 3.05) is 18.1 Å². The van der Waals surface area contributed by atoms with E-state index in [9.17, 15) is 9.18 Å². The van der Waals surface area contributed by atoms with E-state index in [1.807, 2.05) is 9.58 Å². The maximum absolute atomic E-state index is 13.0. The number of fused-ring (bicyclic) bond motifs is 1. The Hall–Kier alpha value is -2.75. The van der Waals surface area contributed by atoms with Crippen LogP contribution in [0.1, 0.15) is 18.6 Å². The monoisotopic (exact) mass is 350 g/mol. The summed E-state index contributed by atoms with van der Waals surface area (Å²) in [6, 6.07) is 2.71. The van der Waals surface area contributed by atoms with Crippen molar-refractivity contribution in [2.45, 2.75) is 32.7 Å². The summed E-state index contributed by atoms with van der Waals surface area (Å²) in [7, 11) is 0. The number of pyridine rings is 1. The third-order valence-corrected chi connectivity index (χ3v) is 3.71. The van der Waals surface area contributed by atoms with Gasteiger partial charge < -0.3 is 20.1 Å². The number of aromatic nitrogens is 4. The number of anilines is 1. The molecule has 10 heteroatoms. The molecule has 9 nitrogen and oxygen atoms in total. The van der Waals surface area contributed by atoms with Crippen LogP contribution in [0.2, 0.25) is 0 Å². The zero-order chi connectivity index (χ0) is 17.8. The molecule has 134 valence electrons. The van der Waals surface area contributed by atoms with Crippen LogP contribution in [-0.4, -0.2) is 50.1 Å². The molecular weight excluding hydrogens is 331 g/mol. The number of halogens is 1. The van der Waals surface area contributed by atoms with Crippen molar-refractivity contribution in [1.82, 2.24) is 25.1 Å². The van der Waals surface area contributed by atoms with Crippen molar-refractivity contribution in [3.05, 3.63) is 35.8 Å². The van der Waals surface area contributed by atoms with Gasteiger partial charge in [0, 0.05) is 6.54 Å². The summed E-state index contributed by atoms with van der Waals surface area (Å²) in [4.78, 5) is 21.1. The lowest BCUT2D eigenvalue weighted by atomic mass is 10.3. The van der Waals surface area contributed by atoms with E-state index in [0.717, 1.165) is 5.82 Å². The minimum atomic E-state index is -1.08. The zero-order valence-corrected chi connectivity index (χ0v) is 13.7. The molecule has 0 saturated carbocycles. The Morgan fingerprint density at radius 3 is 3.04 bits per heavy atom. The highest BCUT2D eigenvalue weighted by Gasteiger charge is 2.21. The molecule has 1 amide bonds. The lowest BCUT2D eigenvalue weighted by molar-refractivity contribution is 0.0960. The second-order valence-electron chi connectivity index (χ2n) is 5.79. The highest BCUT2D eigenvalue weighted by Crippen LogP contribution is 2.18. The minimum Gasteiger partial charge on any atom is -0.465 e. The Morgan fingerprint density at radius 2 is 2.32 bits per heavy atom. The van der Waals surface area contributed by atoms with Gasteiger partial charge in [0.1, 0.15) is 24.1 Å². The maximum atomic E-state index is 13.0. The van der Waals surface area contributed by atoms with Crippen molar-refractivity contribution in [2.24, 2.45) is 0 Å². The van der Waals surface area contributed by atoms with E-state index in [1.165, 1.54) is 12.3 Å². The molecule has 25 heavy (non-hydrogen) atoms. The first-order valence-electron chi connectivity index (χ1n) is 7.87. The average Bonchev–Trinajstić information content (AvgIpc) is 2.96. The van der Waals surface area contributed by atoms with E-state index in [0.29, 0.717) is 31.3 Å². The first-order chi connectivity index (χ1) is 12.0. The summed E-state index contributed by atoms with van der Waals surface area (Å²) in [6.07, 6.45) is 0.112. The fourth-order valence-corrected chi connectivity index (χ4v) is 2.58. The molecule has 0 radical (unpaired) electrons. The van der Waals surface area contributed by atoms with Crippen LogP contribution in [-0.2, 0) is 24.4 Å². The highest BCUT2D eigenvalue weighted by atomic mass is 19.1. The maximum Gasteiger partial charge on any atom is 0.404 e. The molecule has 0 aliphatic carbocycles. The van der Waals surface area contributed by atoms with Crippen molar-refractivity contribution in [3.8, 4) is 0 Å². The van der Waals surface area contributed by atoms with Crippen molar-refractivity contribution in [3.63, 3.8) is 0 Å². The van der Waals surface area contributed by atoms with E-state index < -0.39 is 6.09 Å². The molecule has 3 heterocycles. The van der Waals surface area contributed by atoms with Gasteiger partial charge in [0.2, 0.25) is 0 Å². The Kier molecular flexibility index (Phi) is 5.08. The summed E-state index contributed by atoms with van der Waals surface area (Å²) >= 11 is 0. The van der Waals surface area contributed by atoms with Crippen molar-refractivity contribution >= 4 is 11.9 Å². The van der Waals surface area contributed by atoms with Gasteiger partial charge in [-0.1, -0.05) is 0 Å². The van der Waals surface area contributed by atoms with Gasteiger partial charge in [-0.05, 0) is 19.1 Å². The second kappa shape index (κ2) is 7.43. The van der Waals surface area contributed by atoms with Gasteiger partial charge >= 0.3 is 6.09 Å². The van der Waals surface area contributed by atoms with Gasteiger partial charge in [-0.25, -0.2) is 23.8 Å². The Balaban J connectivity index is 1.55. The second-order valence-corrected chi connectivity index (χ2v) is 5.79. The number of hydrogen-bond acceptors (Lipinski definition) is 6. The normalized spacial score (nSPS) is 14.9. The number of nitrogens with zero attached hydrogens (tertiary/aromatic N) is 5. The fourth-order valence-electron chi connectivity index (χ4n) is 2.58. The third-order valence-electron chi connectivity index (χ3n) is 3.71. The molecule has 0 fully saturated rings. The number of nitrogens with one attached hydrogen (secondary N) is 1. The molecule has 0 spiro atoms. The summed E-state index contributed by atoms with van der Waals surface area (Å²) in [6.45, 7) is 4.05. The average molecular weight is 350 g/mol. The van der Waals surface area contributed by atoms with Crippen LogP contribution in [0.25, 0.3) is 0 Å². The summed E-state index contributed by atoms with van der Waals surface area (Å²) in [5.41, 5.74) is 0. The number of carboxylic acid groups (broad SMARTS) is 1. The van der Waals surface area contributed by atoms with Crippen LogP contribution in [0.4, 0.5) is 15.0 Å². The minimum absolute atomic E-state index is 0.209. The number of amides is 1. The van der Waals surface area contributed by atoms with Crippen LogP contribution < -0.4 is 10.2 Å². The summed E-state index contributed by atoms with van der Waals surface area (Å²) < 4.78 is 20.3. The largest absolute Gasteiger partial charge is 0.465 e. The molecule has 1 aliphatic heterocycles. The predicted molar refractivity (Wildman–Crippen MR) is 85.5 cm³/mol. The van der Waals surface area contributed by atoms with Gasteiger partial charge in [-0.15, -0.1) is 0 Å². The number of hydrogen-bond donors (Lipinski definition) is 2. The molecule has 3 rings (SSSR count). The van der Waals surface area contributed by atoms with E-state index in [4.69, 9.17) is 9.84 Å². The van der Waals surface area contributed by atoms with Crippen LogP contribution in [0.3, 0.4) is 0 Å². The van der Waals surface area contributed by atoms with Gasteiger partial charge in [-0.2, -0.15) is 5.10 Å². The smallest absolute Gasteiger partial charge is 0.404 e. The lowest BCUT2D eigenvalue weighted by Crippen LogP contribution is -2.34. The summed E-state index contributed by atoms with van der Waals surface area (Å²) in [5, 5.41) is 15.3. The van der Waals surface area contributed by atoms with Crippen molar-refractivity contribution < 1.29 is 19.0 Å². The molecule has 1 aliphatic rings. The fraction of sp³-hybridized carbons (Fsp3) is 0.467. The van der Waals surface area contributed by atoms with Crippen LogP contribution >= 0.6 is 0 Å². The third kappa shape index (κ3) is 4.41. The molecule has 0 saturated heterocycles. The molecule has 2 aromatic heterocycles. The topological polar surface area (TPSA) is 105 Å². The summed E-state index contributed by atoms with van der Waals surface area (Å²) in [5.74, 6) is 1.66. The van der Waals surface area contributed by atoms with Gasteiger partial charge in [0.15, 0.2) is 5.82 Å². The highest BCUT2D eigenvalue weighted by molar-refractivity contribution is 5.64. The number of rotatable bonds is 6. The number of carbonyl (C=O) groups is 1. The lowest BCUT2D eigenvalue weighted by Gasteiger charge is -2.27. The first kappa shape index (κ1) is 17.1. The predicted octanol–water partition coefficient (Wildman–Crippen LogP) is 1.01. The molecule has 2 aromatic rings. The van der Waals surface area contributed by atoms with Gasteiger partial charge in [-0.3, -0.25) is 0 Å². The number of ether oxygens (including phenoxy) is 1. The van der Waals surface area contributed by atoms with Crippen LogP contribution in [0.15, 0.2) is 18.3 Å².